The van der Waals surface area contributed by atoms with E-state index in [9.17, 15) is 0 Å². The van der Waals surface area contributed by atoms with Crippen LogP contribution in [-0.4, -0.2) is 18.9 Å². The number of benzene rings is 6. The van der Waals surface area contributed by atoms with Gasteiger partial charge in [0, 0.05) is 60.3 Å². The van der Waals surface area contributed by atoms with Crippen LogP contribution in [0.2, 0.25) is 0 Å². The zero-order chi connectivity index (χ0) is 30.8. The Labute approximate surface area is 285 Å². The van der Waals surface area contributed by atoms with Crippen LogP contribution in [-0.2, 0) is 27.2 Å². The molecule has 0 unspecified atom stereocenters. The van der Waals surface area contributed by atoms with E-state index in [2.05, 4.69) is 112 Å². The summed E-state index contributed by atoms with van der Waals surface area (Å²) >= 11 is 0. The Bertz CT molecular complexity index is 2690. The fraction of sp³-hybridized carbons (Fsp3) is 0.0476. The van der Waals surface area contributed by atoms with Crippen molar-refractivity contribution in [3.63, 3.8) is 0 Å². The van der Waals surface area contributed by atoms with Gasteiger partial charge in [0.05, 0.1) is 33.4 Å². The molecule has 10 aromatic rings. The van der Waals surface area contributed by atoms with Crippen molar-refractivity contribution in [2.24, 2.45) is 7.05 Å². The van der Waals surface area contributed by atoms with Crippen LogP contribution in [0.1, 0.15) is 5.56 Å². The maximum atomic E-state index is 4.97. The van der Waals surface area contributed by atoms with E-state index in [1.54, 1.807) is 0 Å². The van der Waals surface area contributed by atoms with Crippen molar-refractivity contribution >= 4 is 59.9 Å². The molecule has 1 radical (unpaired) electrons. The molecule has 0 aliphatic carbocycles. The number of hydrogen-bond acceptors (Lipinski definition) is 2. The Morgan fingerprint density at radius 3 is 2.02 bits per heavy atom. The average molecular weight is 781 g/mol. The van der Waals surface area contributed by atoms with Crippen molar-refractivity contribution < 1.29 is 20.1 Å². The second kappa shape index (κ2) is 11.5. The van der Waals surface area contributed by atoms with Gasteiger partial charge in [-0.2, -0.15) is 0 Å². The van der Waals surface area contributed by atoms with Gasteiger partial charge in [0.25, 0.3) is 0 Å². The summed E-state index contributed by atoms with van der Waals surface area (Å²) in [6.07, 6.45) is 1.87. The molecule has 4 heterocycles. The fourth-order valence-corrected chi connectivity index (χ4v) is 6.87. The van der Waals surface area contributed by atoms with Crippen LogP contribution in [0, 0.1) is 19.1 Å². The van der Waals surface area contributed by atoms with Crippen LogP contribution >= 0.6 is 0 Å². The molecule has 5 heteroatoms. The summed E-state index contributed by atoms with van der Waals surface area (Å²) in [5.41, 5.74) is 10.2. The summed E-state index contributed by atoms with van der Waals surface area (Å²) in [5.74, 6) is 0.939. The molecule has 10 rings (SSSR count). The molecule has 0 bridgehead atoms. The molecular formula is C42H28IrN4-2. The first kappa shape index (κ1) is 29.1. The van der Waals surface area contributed by atoms with Crippen LogP contribution in [0.3, 0.4) is 0 Å². The molecule has 0 aliphatic rings. The third kappa shape index (κ3) is 4.62. The molecule has 227 valence electrons. The van der Waals surface area contributed by atoms with Crippen molar-refractivity contribution in [3.8, 4) is 22.6 Å². The molecule has 0 aliphatic heterocycles. The van der Waals surface area contributed by atoms with Gasteiger partial charge in [0.15, 0.2) is 0 Å². The fourth-order valence-electron chi connectivity index (χ4n) is 6.87. The Morgan fingerprint density at radius 1 is 0.596 bits per heavy atom. The smallest absolute Gasteiger partial charge is 0.0777 e. The molecule has 4 nitrogen and oxygen atoms in total. The first-order valence-electron chi connectivity index (χ1n) is 15.5. The van der Waals surface area contributed by atoms with Gasteiger partial charge in [-0.05, 0) is 41.8 Å². The van der Waals surface area contributed by atoms with E-state index in [1.807, 2.05) is 61.7 Å². The maximum absolute atomic E-state index is 4.97. The predicted molar refractivity (Wildman–Crippen MR) is 190 cm³/mol. The van der Waals surface area contributed by atoms with Crippen molar-refractivity contribution in [2.75, 3.05) is 0 Å². The Kier molecular flexibility index (Phi) is 7.09. The molecule has 6 aromatic carbocycles. The number of fused-ring (bicyclic) bond motifs is 9. The van der Waals surface area contributed by atoms with E-state index in [4.69, 9.17) is 4.98 Å². The van der Waals surface area contributed by atoms with Crippen LogP contribution in [0.5, 0.6) is 0 Å². The first-order chi connectivity index (χ1) is 22.7. The molecular weight excluding hydrogens is 753 g/mol. The van der Waals surface area contributed by atoms with Crippen LogP contribution in [0.15, 0.2) is 134 Å². The predicted octanol–water partition coefficient (Wildman–Crippen LogP) is 10.2. The molecule has 0 saturated heterocycles. The number of aromatic nitrogens is 4. The van der Waals surface area contributed by atoms with Crippen LogP contribution in [0.4, 0.5) is 0 Å². The van der Waals surface area contributed by atoms with Crippen molar-refractivity contribution in [3.05, 3.63) is 151 Å². The Morgan fingerprint density at radius 2 is 1.28 bits per heavy atom. The molecule has 0 amide bonds. The largest absolute Gasteiger partial charge is 0.367 e. The number of imidazole rings is 1. The summed E-state index contributed by atoms with van der Waals surface area (Å²) in [6.45, 7) is 2.03. The van der Waals surface area contributed by atoms with Gasteiger partial charge >= 0.3 is 0 Å². The number of pyridine rings is 1. The molecule has 0 spiro atoms. The van der Waals surface area contributed by atoms with Gasteiger partial charge in [0.1, 0.15) is 0 Å². The van der Waals surface area contributed by atoms with Crippen molar-refractivity contribution in [1.82, 2.24) is 18.9 Å². The second-order valence-electron chi connectivity index (χ2n) is 11.8. The van der Waals surface area contributed by atoms with Crippen LogP contribution < -0.4 is 0 Å². The Balaban J connectivity index is 0.000000196. The van der Waals surface area contributed by atoms with Crippen molar-refractivity contribution in [1.29, 1.82) is 0 Å². The van der Waals surface area contributed by atoms with E-state index in [1.165, 1.54) is 54.4 Å². The number of nitrogens with zero attached hydrogens (tertiary/aromatic N) is 4. The van der Waals surface area contributed by atoms with Gasteiger partial charge in [-0.1, -0.05) is 60.7 Å². The summed E-state index contributed by atoms with van der Waals surface area (Å²) < 4.78 is 4.65. The van der Waals surface area contributed by atoms with Crippen LogP contribution in [0.25, 0.3) is 82.5 Å². The first-order valence-corrected chi connectivity index (χ1v) is 15.5. The maximum Gasteiger partial charge on any atom is 0.0777 e. The summed E-state index contributed by atoms with van der Waals surface area (Å²) in [7, 11) is 2.10. The summed E-state index contributed by atoms with van der Waals surface area (Å²) in [4.78, 5) is 9.29. The minimum Gasteiger partial charge on any atom is -0.367 e. The zero-order valence-electron chi connectivity index (χ0n) is 25.8. The van der Waals surface area contributed by atoms with E-state index in [0.29, 0.717) is 0 Å². The zero-order valence-corrected chi connectivity index (χ0v) is 28.2. The van der Waals surface area contributed by atoms with E-state index < -0.39 is 0 Å². The van der Waals surface area contributed by atoms with Gasteiger partial charge in [0.2, 0.25) is 0 Å². The average Bonchev–Trinajstić information content (AvgIpc) is 3.75. The normalized spacial score (nSPS) is 11.4. The minimum absolute atomic E-state index is 0. The molecule has 0 atom stereocenters. The number of hydrogen-bond donors (Lipinski definition) is 0. The number of aryl methyl sites for hydroxylation is 2. The third-order valence-corrected chi connectivity index (χ3v) is 9.05. The molecule has 47 heavy (non-hydrogen) atoms. The number of rotatable bonds is 2. The van der Waals surface area contributed by atoms with E-state index in [0.717, 1.165) is 33.7 Å². The minimum atomic E-state index is 0. The molecule has 4 aromatic heterocycles. The van der Waals surface area contributed by atoms with Gasteiger partial charge in [-0.15, -0.1) is 71.8 Å². The standard InChI is InChI=1S/C30H18N3.C12H10N.Ir/c1-32-27-17-24-19(16-25(27)31-30(32)18-8-3-2-4-9-18)14-15-23-22-12-7-11-21-20-10-5-6-13-26(20)33(28(21)22)29(23)24;1-10-7-8-12(13-9-10)11-5-3-2-4-6-11;/h2-8,10-17H,1H3;2-5,7-9H,1H3;/q2*-1;. The molecule has 0 fully saturated rings. The quantitative estimate of drug-likeness (QED) is 0.164. The number of para-hydroxylation sites is 2. The van der Waals surface area contributed by atoms with Gasteiger partial charge in [-0.25, -0.2) is 0 Å². The van der Waals surface area contributed by atoms with E-state index in [-0.39, 0.29) is 20.1 Å². The molecule has 0 saturated carbocycles. The topological polar surface area (TPSA) is 35.1 Å². The SMILES string of the molecule is Cc1ccc(-c2[c-]cccc2)nc1.Cn1c(-c2[c-]cccc2)nc2cc3ccc4c5cccc6c7ccccc7n(c4c3cc21)c65.[Ir]. The summed E-state index contributed by atoms with van der Waals surface area (Å²) in [6, 6.07) is 50.9. The summed E-state index contributed by atoms with van der Waals surface area (Å²) in [5, 5.41) is 7.70. The Hall–Kier alpha value is -5.35. The van der Waals surface area contributed by atoms with Gasteiger partial charge < -0.3 is 14.0 Å². The molecule has 0 N–H and O–H groups in total. The third-order valence-electron chi connectivity index (χ3n) is 9.05. The second-order valence-corrected chi connectivity index (χ2v) is 11.8. The monoisotopic (exact) mass is 781 g/mol. The van der Waals surface area contributed by atoms with E-state index >= 15 is 0 Å². The van der Waals surface area contributed by atoms with Crippen molar-refractivity contribution in [2.45, 2.75) is 6.92 Å². The van der Waals surface area contributed by atoms with Gasteiger partial charge in [-0.3, -0.25) is 4.98 Å².